The fourth-order valence-corrected chi connectivity index (χ4v) is 2.96. The summed E-state index contributed by atoms with van der Waals surface area (Å²) in [6.45, 7) is 5.46. The lowest BCUT2D eigenvalue weighted by molar-refractivity contribution is -0.252. The SMILES string of the molecule is CC(=O)O[C@H]1C(Oc2ccc(CO)cc2N)O[C@H](COC=O)[C@@H](C)[C@@H]1C. The Balaban J connectivity index is 2.24. The second kappa shape index (κ2) is 8.86. The molecule has 8 heteroatoms. The molecule has 0 aromatic heterocycles. The molecule has 1 fully saturated rings. The van der Waals surface area contributed by atoms with Gasteiger partial charge in [-0.1, -0.05) is 19.9 Å². The molecule has 1 unspecified atom stereocenters. The van der Waals surface area contributed by atoms with Crippen LogP contribution in [0.25, 0.3) is 0 Å². The Morgan fingerprint density at radius 3 is 2.65 bits per heavy atom. The van der Waals surface area contributed by atoms with E-state index in [9.17, 15) is 14.7 Å². The van der Waals surface area contributed by atoms with Crippen molar-refractivity contribution in [2.24, 2.45) is 11.8 Å². The Bertz CT molecular complexity index is 636. The lowest BCUT2D eigenvalue weighted by Gasteiger charge is -2.43. The van der Waals surface area contributed by atoms with E-state index in [4.69, 9.17) is 24.7 Å². The zero-order valence-electron chi connectivity index (χ0n) is 15.1. The van der Waals surface area contributed by atoms with Gasteiger partial charge in [-0.15, -0.1) is 0 Å². The van der Waals surface area contributed by atoms with Crippen molar-refractivity contribution in [2.75, 3.05) is 12.3 Å². The molecule has 0 bridgehead atoms. The Morgan fingerprint density at radius 2 is 2.08 bits per heavy atom. The fraction of sp³-hybridized carbons (Fsp3) is 0.556. The molecule has 0 amide bonds. The zero-order chi connectivity index (χ0) is 19.3. The van der Waals surface area contributed by atoms with E-state index in [1.165, 1.54) is 6.92 Å². The van der Waals surface area contributed by atoms with Gasteiger partial charge in [0.05, 0.1) is 18.4 Å². The Morgan fingerprint density at radius 1 is 1.35 bits per heavy atom. The number of aliphatic hydroxyl groups is 1. The third kappa shape index (κ3) is 4.64. The van der Waals surface area contributed by atoms with Gasteiger partial charge in [0.15, 0.2) is 6.10 Å². The van der Waals surface area contributed by atoms with Crippen LogP contribution in [0.15, 0.2) is 18.2 Å². The number of benzene rings is 1. The monoisotopic (exact) mass is 367 g/mol. The molecule has 1 aliphatic heterocycles. The minimum absolute atomic E-state index is 0.0340. The van der Waals surface area contributed by atoms with Crippen LogP contribution in [0.3, 0.4) is 0 Å². The maximum absolute atomic E-state index is 11.5. The van der Waals surface area contributed by atoms with Gasteiger partial charge >= 0.3 is 5.97 Å². The van der Waals surface area contributed by atoms with E-state index < -0.39 is 24.5 Å². The number of aliphatic hydroxyl groups excluding tert-OH is 1. The molecular formula is C18H25NO7. The van der Waals surface area contributed by atoms with E-state index in [0.717, 1.165) is 0 Å². The van der Waals surface area contributed by atoms with Crippen LogP contribution in [0.4, 0.5) is 5.69 Å². The zero-order valence-corrected chi connectivity index (χ0v) is 15.1. The van der Waals surface area contributed by atoms with Crippen LogP contribution in [0.5, 0.6) is 5.75 Å². The quantitative estimate of drug-likeness (QED) is 0.420. The lowest BCUT2D eigenvalue weighted by atomic mass is 9.83. The number of nitrogens with two attached hydrogens (primary N) is 1. The molecule has 5 atom stereocenters. The van der Waals surface area contributed by atoms with Crippen molar-refractivity contribution < 1.29 is 33.6 Å². The van der Waals surface area contributed by atoms with Crippen LogP contribution in [0.1, 0.15) is 26.3 Å². The summed E-state index contributed by atoms with van der Waals surface area (Å²) in [6, 6.07) is 4.89. The van der Waals surface area contributed by atoms with Crippen LogP contribution < -0.4 is 10.5 Å². The van der Waals surface area contributed by atoms with Gasteiger partial charge in [0, 0.05) is 12.8 Å². The summed E-state index contributed by atoms with van der Waals surface area (Å²) in [6.07, 6.45) is -1.97. The minimum Gasteiger partial charge on any atom is -0.465 e. The van der Waals surface area contributed by atoms with Crippen LogP contribution in [0, 0.1) is 11.8 Å². The number of anilines is 1. The Labute approximate surface area is 152 Å². The normalized spacial score (nSPS) is 28.2. The van der Waals surface area contributed by atoms with Crippen LogP contribution in [0.2, 0.25) is 0 Å². The highest BCUT2D eigenvalue weighted by Crippen LogP contribution is 2.35. The predicted octanol–water partition coefficient (Wildman–Crippen LogP) is 1.24. The molecule has 8 nitrogen and oxygen atoms in total. The van der Waals surface area contributed by atoms with E-state index in [-0.39, 0.29) is 25.0 Å². The van der Waals surface area contributed by atoms with Crippen molar-refractivity contribution >= 4 is 18.1 Å². The number of carbonyl (C=O) groups excluding carboxylic acids is 2. The molecule has 1 aliphatic rings. The largest absolute Gasteiger partial charge is 0.465 e. The topological polar surface area (TPSA) is 117 Å². The van der Waals surface area contributed by atoms with E-state index in [1.807, 2.05) is 13.8 Å². The van der Waals surface area contributed by atoms with Gasteiger partial charge < -0.3 is 29.8 Å². The molecule has 0 aliphatic carbocycles. The van der Waals surface area contributed by atoms with Crippen molar-refractivity contribution in [3.05, 3.63) is 23.8 Å². The highest BCUT2D eigenvalue weighted by atomic mass is 16.7. The molecule has 0 radical (unpaired) electrons. The maximum atomic E-state index is 11.5. The van der Waals surface area contributed by atoms with Crippen molar-refractivity contribution in [3.63, 3.8) is 0 Å². The molecule has 26 heavy (non-hydrogen) atoms. The van der Waals surface area contributed by atoms with Crippen LogP contribution >= 0.6 is 0 Å². The third-order valence-corrected chi connectivity index (χ3v) is 4.64. The van der Waals surface area contributed by atoms with Gasteiger partial charge in [-0.3, -0.25) is 9.59 Å². The van der Waals surface area contributed by atoms with Gasteiger partial charge in [-0.05, 0) is 23.6 Å². The molecule has 1 aromatic carbocycles. The second-order valence-corrected chi connectivity index (χ2v) is 6.41. The van der Waals surface area contributed by atoms with Gasteiger partial charge in [0.2, 0.25) is 6.29 Å². The van der Waals surface area contributed by atoms with E-state index >= 15 is 0 Å². The first-order valence-electron chi connectivity index (χ1n) is 8.41. The van der Waals surface area contributed by atoms with E-state index in [0.29, 0.717) is 23.5 Å². The number of ether oxygens (including phenoxy) is 4. The summed E-state index contributed by atoms with van der Waals surface area (Å²) in [5.41, 5.74) is 6.94. The van der Waals surface area contributed by atoms with Crippen molar-refractivity contribution in [2.45, 2.75) is 45.9 Å². The number of rotatable bonds is 7. The molecule has 1 heterocycles. The van der Waals surface area contributed by atoms with Crippen molar-refractivity contribution in [3.8, 4) is 5.75 Å². The van der Waals surface area contributed by atoms with Crippen LogP contribution in [-0.2, 0) is 30.4 Å². The molecule has 0 spiro atoms. The highest BCUT2D eigenvalue weighted by Gasteiger charge is 2.45. The molecule has 144 valence electrons. The van der Waals surface area contributed by atoms with Crippen molar-refractivity contribution in [1.82, 2.24) is 0 Å². The predicted molar refractivity (Wildman–Crippen MR) is 92.0 cm³/mol. The second-order valence-electron chi connectivity index (χ2n) is 6.41. The highest BCUT2D eigenvalue weighted by molar-refractivity contribution is 5.66. The van der Waals surface area contributed by atoms with Crippen LogP contribution in [-0.4, -0.2) is 42.7 Å². The minimum atomic E-state index is -0.910. The standard InChI is InChI=1S/C18H25NO7/c1-10-11(2)17(24-12(3)22)18(26-16(10)8-23-9-21)25-15-5-4-13(7-20)6-14(15)19/h4-6,9-11,16-18,20H,7-8,19H2,1-3H3/t10-,11-,16+,17+,18?/m0/s1. The number of carbonyl (C=O) groups is 2. The molecule has 2 rings (SSSR count). The summed E-state index contributed by atoms with van der Waals surface area (Å²) in [7, 11) is 0. The fourth-order valence-electron chi connectivity index (χ4n) is 2.96. The third-order valence-electron chi connectivity index (χ3n) is 4.64. The average Bonchev–Trinajstić information content (AvgIpc) is 2.61. The van der Waals surface area contributed by atoms with E-state index in [2.05, 4.69) is 0 Å². The summed E-state index contributed by atoms with van der Waals surface area (Å²) < 4.78 is 22.0. The Hall–Kier alpha value is -2.32. The lowest BCUT2D eigenvalue weighted by Crippen LogP contribution is -2.54. The first-order chi connectivity index (χ1) is 12.4. The summed E-state index contributed by atoms with van der Waals surface area (Å²) in [4.78, 5) is 22.0. The number of hydrogen-bond acceptors (Lipinski definition) is 8. The summed E-state index contributed by atoms with van der Waals surface area (Å²) in [5, 5.41) is 9.18. The number of hydrogen-bond donors (Lipinski definition) is 2. The van der Waals surface area contributed by atoms with Crippen molar-refractivity contribution in [1.29, 1.82) is 0 Å². The van der Waals surface area contributed by atoms with Gasteiger partial charge in [-0.25, -0.2) is 0 Å². The average molecular weight is 367 g/mol. The van der Waals surface area contributed by atoms with E-state index in [1.54, 1.807) is 18.2 Å². The summed E-state index contributed by atoms with van der Waals surface area (Å²) in [5.74, 6) is -0.234. The van der Waals surface area contributed by atoms with Gasteiger partial charge in [-0.2, -0.15) is 0 Å². The number of nitrogen functional groups attached to an aromatic ring is 1. The first kappa shape index (κ1) is 20.0. The first-order valence-corrected chi connectivity index (χ1v) is 8.41. The number of esters is 1. The van der Waals surface area contributed by atoms with Gasteiger partial charge in [0.1, 0.15) is 12.4 Å². The molecule has 1 aromatic rings. The Kier molecular flexibility index (Phi) is 6.82. The molecule has 3 N–H and O–H groups in total. The molecular weight excluding hydrogens is 342 g/mol. The smallest absolute Gasteiger partial charge is 0.303 e. The maximum Gasteiger partial charge on any atom is 0.303 e. The molecule has 0 saturated carbocycles. The summed E-state index contributed by atoms with van der Waals surface area (Å²) >= 11 is 0. The van der Waals surface area contributed by atoms with Gasteiger partial charge in [0.25, 0.3) is 6.47 Å². The molecule has 1 saturated heterocycles.